The third kappa shape index (κ3) is 9.37. The van der Waals surface area contributed by atoms with Gasteiger partial charge in [-0.25, -0.2) is 32.6 Å². The van der Waals surface area contributed by atoms with E-state index >= 15 is 0 Å². The number of aromatic nitrogens is 2. The predicted molar refractivity (Wildman–Crippen MR) is 182 cm³/mol. The number of amides is 1. The van der Waals surface area contributed by atoms with Crippen LogP contribution in [0.1, 0.15) is 58.8 Å². The van der Waals surface area contributed by atoms with Crippen molar-refractivity contribution in [3.63, 3.8) is 0 Å². The van der Waals surface area contributed by atoms with Gasteiger partial charge >= 0.3 is 12.1 Å². The molecule has 0 radical (unpaired) electrons. The highest BCUT2D eigenvalue weighted by atomic mass is 35.5. The van der Waals surface area contributed by atoms with E-state index in [4.69, 9.17) is 21.3 Å². The third-order valence-electron chi connectivity index (χ3n) is 7.08. The van der Waals surface area contributed by atoms with E-state index in [-0.39, 0.29) is 22.8 Å². The minimum atomic E-state index is -4.07. The maximum absolute atomic E-state index is 13.6. The van der Waals surface area contributed by atoms with Crippen molar-refractivity contribution < 1.29 is 27.9 Å². The number of aliphatic carboxylic acids is 1. The molecule has 2 atom stereocenters. The molecule has 248 valence electrons. The molecule has 10 nitrogen and oxygen atoms in total. The lowest BCUT2D eigenvalue weighted by Crippen LogP contribution is -2.54. The SMILES string of the molecule is CC(C)(C)OC(=O)N(c1cccc(C(Cc2ccc(-c3ccc(Cl)cc3)cc2)NS(=O)(=O)c2cccnc2)n1)C(C(=O)O)C(C)(C)C. The number of carbonyl (C=O) groups is 2. The van der Waals surface area contributed by atoms with Crippen molar-refractivity contribution >= 4 is 39.5 Å². The predicted octanol–water partition coefficient (Wildman–Crippen LogP) is 7.30. The summed E-state index contributed by atoms with van der Waals surface area (Å²) in [5.41, 5.74) is 1.15. The van der Waals surface area contributed by atoms with Crippen LogP contribution in [0.25, 0.3) is 11.1 Å². The van der Waals surface area contributed by atoms with Crippen LogP contribution < -0.4 is 9.62 Å². The molecular weight excluding hydrogens is 640 g/mol. The Hall–Kier alpha value is -4.32. The van der Waals surface area contributed by atoms with Crippen molar-refractivity contribution in [3.8, 4) is 11.1 Å². The molecule has 2 N–H and O–H groups in total. The fraction of sp³-hybridized carbons (Fsp3) is 0.314. The van der Waals surface area contributed by atoms with Crippen molar-refractivity contribution in [3.05, 3.63) is 108 Å². The molecule has 1 amide bonds. The summed E-state index contributed by atoms with van der Waals surface area (Å²) < 4.78 is 35.4. The first-order valence-electron chi connectivity index (χ1n) is 14.9. The second-order valence-corrected chi connectivity index (χ2v) is 15.3. The van der Waals surface area contributed by atoms with Crippen molar-refractivity contribution in [2.24, 2.45) is 5.41 Å². The molecule has 12 heteroatoms. The number of nitrogens with zero attached hydrogens (tertiary/aromatic N) is 3. The highest BCUT2D eigenvalue weighted by Gasteiger charge is 2.43. The quantitative estimate of drug-likeness (QED) is 0.178. The Morgan fingerprint density at radius 1 is 0.915 bits per heavy atom. The molecule has 0 bridgehead atoms. The highest BCUT2D eigenvalue weighted by molar-refractivity contribution is 7.89. The van der Waals surface area contributed by atoms with Crippen LogP contribution in [0.3, 0.4) is 0 Å². The third-order valence-corrected chi connectivity index (χ3v) is 8.78. The van der Waals surface area contributed by atoms with Gasteiger partial charge in [-0.3, -0.25) is 4.98 Å². The Kier molecular flexibility index (Phi) is 10.7. The van der Waals surface area contributed by atoms with Crippen molar-refractivity contribution in [2.75, 3.05) is 4.90 Å². The molecule has 2 aromatic heterocycles. The van der Waals surface area contributed by atoms with Crippen molar-refractivity contribution in [1.29, 1.82) is 0 Å². The number of ether oxygens (including phenoxy) is 1. The zero-order chi connectivity index (χ0) is 34.6. The maximum Gasteiger partial charge on any atom is 0.416 e. The summed E-state index contributed by atoms with van der Waals surface area (Å²) in [5.74, 6) is -1.24. The highest BCUT2D eigenvalue weighted by Crippen LogP contribution is 2.32. The molecule has 0 aliphatic heterocycles. The van der Waals surface area contributed by atoms with E-state index in [2.05, 4.69) is 9.71 Å². The molecule has 0 saturated heterocycles. The van der Waals surface area contributed by atoms with E-state index in [1.165, 1.54) is 30.6 Å². The monoisotopic (exact) mass is 678 g/mol. The second-order valence-electron chi connectivity index (χ2n) is 13.1. The number of carbonyl (C=O) groups excluding carboxylic acids is 1. The molecule has 0 aliphatic carbocycles. The van der Waals surface area contributed by atoms with Gasteiger partial charge < -0.3 is 9.84 Å². The summed E-state index contributed by atoms with van der Waals surface area (Å²) in [4.78, 5) is 35.8. The van der Waals surface area contributed by atoms with Gasteiger partial charge in [-0.2, -0.15) is 0 Å². The number of carboxylic acids is 1. The van der Waals surface area contributed by atoms with Crippen LogP contribution in [0.15, 0.2) is 96.2 Å². The normalized spacial score (nSPS) is 13.4. The Morgan fingerprint density at radius 3 is 2.06 bits per heavy atom. The first-order valence-corrected chi connectivity index (χ1v) is 16.8. The van der Waals surface area contributed by atoms with Crippen molar-refractivity contribution in [1.82, 2.24) is 14.7 Å². The number of nitrogens with one attached hydrogen (secondary N) is 1. The summed E-state index contributed by atoms with van der Waals surface area (Å²) in [5, 5.41) is 10.9. The fourth-order valence-electron chi connectivity index (χ4n) is 4.96. The summed E-state index contributed by atoms with van der Waals surface area (Å²) in [7, 11) is -4.07. The average molecular weight is 679 g/mol. The standard InChI is InChI=1S/C35H39ClN4O6S/c1-34(2,3)31(32(41)42)40(33(43)46-35(4,5)6)30-11-7-10-28(38-30)29(39-47(44,45)27-9-8-20-37-22-27)21-23-12-14-24(15-13-23)25-16-18-26(36)19-17-25/h7-20,22,29,31,39H,21H2,1-6H3,(H,41,42). The second kappa shape index (κ2) is 14.2. The zero-order valence-corrected chi connectivity index (χ0v) is 28.7. The Labute approximate surface area is 280 Å². The van der Waals surface area contributed by atoms with Crippen LogP contribution in [0.2, 0.25) is 5.02 Å². The molecule has 2 aromatic carbocycles. The minimum Gasteiger partial charge on any atom is -0.480 e. The number of hydrogen-bond donors (Lipinski definition) is 2. The van der Waals surface area contributed by atoms with Crippen LogP contribution in [-0.2, 0) is 26.0 Å². The van der Waals surface area contributed by atoms with Crippen LogP contribution >= 0.6 is 11.6 Å². The summed E-state index contributed by atoms with van der Waals surface area (Å²) in [6, 6.07) is 20.5. The molecular formula is C35H39ClN4O6S. The largest absolute Gasteiger partial charge is 0.480 e. The lowest BCUT2D eigenvalue weighted by atomic mass is 9.85. The first kappa shape index (κ1) is 35.5. The van der Waals surface area contributed by atoms with E-state index < -0.39 is 45.2 Å². The molecule has 0 aliphatic rings. The van der Waals surface area contributed by atoms with Crippen LogP contribution in [0, 0.1) is 5.41 Å². The molecule has 47 heavy (non-hydrogen) atoms. The topological polar surface area (TPSA) is 139 Å². The molecule has 4 rings (SSSR count). The van der Waals surface area contributed by atoms with Crippen LogP contribution in [0.5, 0.6) is 0 Å². The van der Waals surface area contributed by atoms with Gasteiger partial charge in [0, 0.05) is 17.4 Å². The van der Waals surface area contributed by atoms with E-state index in [0.29, 0.717) is 5.02 Å². The average Bonchev–Trinajstić information content (AvgIpc) is 2.99. The summed E-state index contributed by atoms with van der Waals surface area (Å²) in [6.45, 7) is 10.1. The Bertz CT molecular complexity index is 1800. The van der Waals surface area contributed by atoms with Crippen LogP contribution in [-0.4, -0.2) is 47.2 Å². The maximum atomic E-state index is 13.6. The number of sulfonamides is 1. The minimum absolute atomic E-state index is 0.00253. The number of anilines is 1. The number of halogens is 1. The Balaban J connectivity index is 1.78. The first-order chi connectivity index (χ1) is 21.9. The number of pyridine rings is 2. The van der Waals surface area contributed by atoms with Gasteiger partial charge in [0.2, 0.25) is 10.0 Å². The smallest absolute Gasteiger partial charge is 0.416 e. The fourth-order valence-corrected chi connectivity index (χ4v) is 6.26. The Morgan fingerprint density at radius 2 is 1.53 bits per heavy atom. The lowest BCUT2D eigenvalue weighted by molar-refractivity contribution is -0.141. The van der Waals surface area contributed by atoms with Gasteiger partial charge in [-0.15, -0.1) is 0 Å². The number of rotatable bonds is 10. The number of benzene rings is 2. The molecule has 2 unspecified atom stereocenters. The molecule has 2 heterocycles. The summed E-state index contributed by atoms with van der Waals surface area (Å²) in [6.07, 6.45) is 2.01. The number of hydrogen-bond acceptors (Lipinski definition) is 7. The van der Waals surface area contributed by atoms with Gasteiger partial charge in [0.05, 0.1) is 11.7 Å². The molecule has 4 aromatic rings. The van der Waals surface area contributed by atoms with E-state index in [1.807, 2.05) is 48.5 Å². The van der Waals surface area contributed by atoms with Crippen LogP contribution in [0.4, 0.5) is 10.6 Å². The van der Waals surface area contributed by atoms with Gasteiger partial charge in [-0.1, -0.05) is 74.8 Å². The van der Waals surface area contributed by atoms with Gasteiger partial charge in [-0.05, 0) is 85.7 Å². The van der Waals surface area contributed by atoms with Gasteiger partial charge in [0.15, 0.2) is 0 Å². The number of carboxylic acid groups (broad SMARTS) is 1. The zero-order valence-electron chi connectivity index (χ0n) is 27.1. The van der Waals surface area contributed by atoms with Gasteiger partial charge in [0.1, 0.15) is 22.4 Å². The summed E-state index contributed by atoms with van der Waals surface area (Å²) >= 11 is 6.04. The molecule has 0 fully saturated rings. The van der Waals surface area contributed by atoms with Crippen molar-refractivity contribution in [2.45, 2.75) is 70.5 Å². The van der Waals surface area contributed by atoms with E-state index in [0.717, 1.165) is 21.6 Å². The molecule has 0 spiro atoms. The van der Waals surface area contributed by atoms with E-state index in [9.17, 15) is 23.1 Å². The van der Waals surface area contributed by atoms with E-state index in [1.54, 1.807) is 53.7 Å². The molecule has 0 saturated carbocycles. The van der Waals surface area contributed by atoms with Gasteiger partial charge in [0.25, 0.3) is 0 Å². The lowest BCUT2D eigenvalue weighted by Gasteiger charge is -2.37.